The zero-order chi connectivity index (χ0) is 15.3. The molecule has 0 saturated carbocycles. The highest BCUT2D eigenvalue weighted by atomic mass is 32.2. The highest BCUT2D eigenvalue weighted by molar-refractivity contribution is 7.84. The molecule has 2 atom stereocenters. The Morgan fingerprint density at radius 2 is 2.20 bits per heavy atom. The minimum atomic E-state index is -0.949. The first kappa shape index (κ1) is 16.1. The van der Waals surface area contributed by atoms with Crippen molar-refractivity contribution >= 4 is 28.1 Å². The fourth-order valence-corrected chi connectivity index (χ4v) is 2.01. The Hall–Kier alpha value is -1.96. The highest BCUT2D eigenvalue weighted by Gasteiger charge is 2.18. The van der Waals surface area contributed by atoms with Crippen LogP contribution in [0, 0.1) is 10.1 Å². The second kappa shape index (κ2) is 6.99. The van der Waals surface area contributed by atoms with E-state index in [2.05, 4.69) is 5.32 Å². The normalized spacial score (nSPS) is 13.5. The van der Waals surface area contributed by atoms with Gasteiger partial charge in [0.05, 0.1) is 10.5 Å². The predicted octanol–water partition coefficient (Wildman–Crippen LogP) is 1.06. The first-order valence-corrected chi connectivity index (χ1v) is 7.60. The first-order chi connectivity index (χ1) is 9.34. The van der Waals surface area contributed by atoms with Gasteiger partial charge < -0.3 is 11.1 Å². The molecule has 3 N–H and O–H groups in total. The Morgan fingerprint density at radius 1 is 1.55 bits per heavy atom. The number of benzene rings is 1. The molecule has 110 valence electrons. The number of amides is 1. The van der Waals surface area contributed by atoms with Crippen LogP contribution in [0.15, 0.2) is 18.2 Å². The summed E-state index contributed by atoms with van der Waals surface area (Å²) in [6.07, 6.45) is 2.16. The smallest absolute Gasteiger partial charge is 0.292 e. The minimum Gasteiger partial charge on any atom is -0.393 e. The zero-order valence-corrected chi connectivity index (χ0v) is 12.1. The summed E-state index contributed by atoms with van der Waals surface area (Å²) in [6.45, 7) is 2.16. The maximum Gasteiger partial charge on any atom is 0.292 e. The molecule has 1 aromatic carbocycles. The number of nitrogens with zero attached hydrogens (tertiary/aromatic N) is 1. The number of nitrogen functional groups attached to an aromatic ring is 1. The monoisotopic (exact) mass is 299 g/mol. The second-order valence-corrected chi connectivity index (χ2v) is 6.15. The number of rotatable bonds is 6. The van der Waals surface area contributed by atoms with Gasteiger partial charge in [-0.2, -0.15) is 0 Å². The number of anilines is 1. The number of carbonyl (C=O) groups is 1. The third-order valence-corrected chi connectivity index (χ3v) is 4.30. The van der Waals surface area contributed by atoms with Gasteiger partial charge in [0, 0.05) is 34.9 Å². The van der Waals surface area contributed by atoms with Crippen molar-refractivity contribution < 1.29 is 13.9 Å². The van der Waals surface area contributed by atoms with Crippen molar-refractivity contribution in [2.75, 3.05) is 18.5 Å². The van der Waals surface area contributed by atoms with Crippen molar-refractivity contribution in [2.45, 2.75) is 18.6 Å². The molecule has 0 aliphatic heterocycles. The Bertz CT molecular complexity index is 548. The van der Waals surface area contributed by atoms with Crippen molar-refractivity contribution in [1.82, 2.24) is 5.32 Å². The number of nitrogens with two attached hydrogens (primary N) is 1. The topological polar surface area (TPSA) is 115 Å². The lowest BCUT2D eigenvalue weighted by Crippen LogP contribution is -2.28. The molecule has 0 spiro atoms. The zero-order valence-electron chi connectivity index (χ0n) is 11.3. The maximum absolute atomic E-state index is 11.9. The van der Waals surface area contributed by atoms with E-state index in [1.54, 1.807) is 6.26 Å². The molecular formula is C12H17N3O4S. The van der Waals surface area contributed by atoms with Gasteiger partial charge in [0.25, 0.3) is 11.6 Å². The van der Waals surface area contributed by atoms with Crippen molar-refractivity contribution in [3.05, 3.63) is 33.9 Å². The third kappa shape index (κ3) is 4.02. The number of nitro benzene ring substituents is 1. The van der Waals surface area contributed by atoms with E-state index in [9.17, 15) is 19.1 Å². The Balaban J connectivity index is 2.71. The molecule has 7 nitrogen and oxygen atoms in total. The van der Waals surface area contributed by atoms with Crippen LogP contribution in [0.5, 0.6) is 0 Å². The number of hydrogen-bond acceptors (Lipinski definition) is 5. The summed E-state index contributed by atoms with van der Waals surface area (Å²) in [6, 6.07) is 4.08. The lowest BCUT2D eigenvalue weighted by molar-refractivity contribution is -0.383. The molecule has 0 saturated heterocycles. The quantitative estimate of drug-likeness (QED) is 0.463. The summed E-state index contributed by atoms with van der Waals surface area (Å²) < 4.78 is 11.2. The molecule has 0 aliphatic rings. The molecule has 2 unspecified atom stereocenters. The van der Waals surface area contributed by atoms with E-state index in [1.807, 2.05) is 6.92 Å². The highest BCUT2D eigenvalue weighted by Crippen LogP contribution is 2.24. The largest absolute Gasteiger partial charge is 0.393 e. The van der Waals surface area contributed by atoms with E-state index < -0.39 is 21.6 Å². The molecule has 1 rings (SSSR count). The summed E-state index contributed by atoms with van der Waals surface area (Å²) in [5.74, 6) is -0.472. The summed E-state index contributed by atoms with van der Waals surface area (Å²) in [5.41, 5.74) is 5.25. The van der Waals surface area contributed by atoms with E-state index in [0.29, 0.717) is 13.0 Å². The van der Waals surface area contributed by atoms with Gasteiger partial charge in [0.15, 0.2) is 0 Å². The van der Waals surface area contributed by atoms with Crippen LogP contribution >= 0.6 is 0 Å². The van der Waals surface area contributed by atoms with Crippen molar-refractivity contribution in [3.63, 3.8) is 0 Å². The van der Waals surface area contributed by atoms with Crippen molar-refractivity contribution in [3.8, 4) is 0 Å². The molecule has 1 amide bonds. The van der Waals surface area contributed by atoms with E-state index in [4.69, 9.17) is 5.73 Å². The van der Waals surface area contributed by atoms with Gasteiger partial charge in [-0.25, -0.2) is 0 Å². The molecular weight excluding hydrogens is 282 g/mol. The molecule has 20 heavy (non-hydrogen) atoms. The standard InChI is InChI=1S/C12H17N3O4S/c1-8(20(2)19)6-7-14-12(16)9-4-3-5-10(11(9)13)15(17)18/h3-5,8H,6-7,13H2,1-2H3,(H,14,16). The van der Waals surface area contributed by atoms with E-state index in [1.165, 1.54) is 18.2 Å². The van der Waals surface area contributed by atoms with Crippen LogP contribution in [0.1, 0.15) is 23.7 Å². The van der Waals surface area contributed by atoms with Gasteiger partial charge in [-0.1, -0.05) is 13.0 Å². The summed E-state index contributed by atoms with van der Waals surface area (Å²) in [5, 5.41) is 13.3. The van der Waals surface area contributed by atoms with Gasteiger partial charge in [-0.3, -0.25) is 19.1 Å². The van der Waals surface area contributed by atoms with Crippen LogP contribution in [-0.4, -0.2) is 33.1 Å². The number of nitrogens with one attached hydrogen (secondary N) is 1. The molecule has 0 aliphatic carbocycles. The van der Waals surface area contributed by atoms with Crippen LogP contribution in [-0.2, 0) is 10.8 Å². The summed E-state index contributed by atoms with van der Waals surface area (Å²) >= 11 is 0. The molecule has 0 fully saturated rings. The Kier molecular flexibility index (Phi) is 5.63. The van der Waals surface area contributed by atoms with Crippen LogP contribution in [0.2, 0.25) is 0 Å². The van der Waals surface area contributed by atoms with Crippen molar-refractivity contribution in [1.29, 1.82) is 0 Å². The number of carbonyl (C=O) groups excluding carboxylic acids is 1. The van der Waals surface area contributed by atoms with E-state index in [0.717, 1.165) is 0 Å². The molecule has 1 aromatic rings. The van der Waals surface area contributed by atoms with Crippen molar-refractivity contribution in [2.24, 2.45) is 0 Å². The lowest BCUT2D eigenvalue weighted by Gasteiger charge is -2.10. The third-order valence-electron chi connectivity index (χ3n) is 2.93. The van der Waals surface area contributed by atoms with Gasteiger partial charge in [-0.15, -0.1) is 0 Å². The lowest BCUT2D eigenvalue weighted by atomic mass is 10.1. The van der Waals surface area contributed by atoms with Gasteiger partial charge in [-0.05, 0) is 12.5 Å². The van der Waals surface area contributed by atoms with Crippen LogP contribution < -0.4 is 11.1 Å². The van der Waals surface area contributed by atoms with Gasteiger partial charge >= 0.3 is 0 Å². The number of hydrogen-bond donors (Lipinski definition) is 2. The second-order valence-electron chi connectivity index (χ2n) is 4.35. The average molecular weight is 299 g/mol. The fraction of sp³-hybridized carbons (Fsp3) is 0.417. The molecule has 0 heterocycles. The van der Waals surface area contributed by atoms with Gasteiger partial charge in [0.2, 0.25) is 0 Å². The fourth-order valence-electron chi connectivity index (χ4n) is 1.56. The predicted molar refractivity (Wildman–Crippen MR) is 78.0 cm³/mol. The van der Waals surface area contributed by atoms with E-state index >= 15 is 0 Å². The maximum atomic E-state index is 11.9. The average Bonchev–Trinajstić information content (AvgIpc) is 2.38. The number of para-hydroxylation sites is 1. The SMILES string of the molecule is CC(CCNC(=O)c1cccc([N+](=O)[O-])c1N)S(C)=O. The Labute approximate surface area is 119 Å². The Morgan fingerprint density at radius 3 is 2.75 bits per heavy atom. The summed E-state index contributed by atoms with van der Waals surface area (Å²) in [4.78, 5) is 22.0. The molecule has 8 heteroatoms. The molecule has 0 radical (unpaired) electrons. The molecule has 0 bridgehead atoms. The molecule has 0 aromatic heterocycles. The van der Waals surface area contributed by atoms with E-state index in [-0.39, 0.29) is 22.2 Å². The minimum absolute atomic E-state index is 0.0299. The summed E-state index contributed by atoms with van der Waals surface area (Å²) in [7, 11) is -0.949. The van der Waals surface area contributed by atoms with Crippen LogP contribution in [0.4, 0.5) is 11.4 Å². The van der Waals surface area contributed by atoms with Crippen LogP contribution in [0.3, 0.4) is 0 Å². The van der Waals surface area contributed by atoms with Gasteiger partial charge in [0.1, 0.15) is 5.69 Å². The number of nitro groups is 1. The first-order valence-electron chi connectivity index (χ1n) is 5.98. The van der Waals surface area contributed by atoms with Crippen LogP contribution in [0.25, 0.3) is 0 Å².